The highest BCUT2D eigenvalue weighted by atomic mass is 19.1. The Bertz CT molecular complexity index is 903. The summed E-state index contributed by atoms with van der Waals surface area (Å²) in [5.41, 5.74) is 2.00. The zero-order chi connectivity index (χ0) is 20.9. The number of carbonyl (C=O) groups is 2. The summed E-state index contributed by atoms with van der Waals surface area (Å²) in [7, 11) is 0. The summed E-state index contributed by atoms with van der Waals surface area (Å²) in [6, 6.07) is 16.3. The molecule has 2 aromatic rings. The second-order valence-electron chi connectivity index (χ2n) is 8.08. The van der Waals surface area contributed by atoms with Crippen LogP contribution in [0.15, 0.2) is 60.7 Å². The number of amides is 2. The fourth-order valence-electron chi connectivity index (χ4n) is 4.48. The Balaban J connectivity index is 1.33. The lowest BCUT2D eigenvalue weighted by atomic mass is 9.94. The first-order valence-corrected chi connectivity index (χ1v) is 10.7. The Morgan fingerprint density at radius 3 is 2.30 bits per heavy atom. The van der Waals surface area contributed by atoms with Crippen LogP contribution < -0.4 is 0 Å². The average molecular weight is 407 g/mol. The van der Waals surface area contributed by atoms with E-state index in [1.165, 1.54) is 12.1 Å². The van der Waals surface area contributed by atoms with E-state index < -0.39 is 0 Å². The van der Waals surface area contributed by atoms with Gasteiger partial charge in [-0.15, -0.1) is 0 Å². The van der Waals surface area contributed by atoms with Gasteiger partial charge in [-0.05, 0) is 55.0 Å². The van der Waals surface area contributed by atoms with Gasteiger partial charge in [-0.2, -0.15) is 0 Å². The molecule has 2 aliphatic rings. The van der Waals surface area contributed by atoms with Gasteiger partial charge in [-0.25, -0.2) is 4.39 Å². The van der Waals surface area contributed by atoms with Gasteiger partial charge in [0.15, 0.2) is 0 Å². The number of benzene rings is 2. The predicted octanol–water partition coefficient (Wildman–Crippen LogP) is 4.44. The molecule has 4 rings (SSSR count). The number of piperidine rings is 1. The van der Waals surface area contributed by atoms with Crippen molar-refractivity contribution in [3.63, 3.8) is 0 Å². The predicted molar refractivity (Wildman–Crippen MR) is 115 cm³/mol. The molecule has 1 unspecified atom stereocenters. The lowest BCUT2D eigenvalue weighted by Crippen LogP contribution is -2.43. The van der Waals surface area contributed by atoms with Crippen LogP contribution in [0.4, 0.5) is 4.39 Å². The number of hydrogen-bond donors (Lipinski definition) is 0. The highest BCUT2D eigenvalue weighted by molar-refractivity contribution is 5.92. The quantitative estimate of drug-likeness (QED) is 0.705. The second-order valence-corrected chi connectivity index (χ2v) is 8.08. The van der Waals surface area contributed by atoms with E-state index in [1.807, 2.05) is 46.2 Å². The molecule has 30 heavy (non-hydrogen) atoms. The van der Waals surface area contributed by atoms with Crippen molar-refractivity contribution in [3.05, 3.63) is 77.6 Å². The first kappa shape index (κ1) is 20.3. The number of likely N-dealkylation sites (tertiary alicyclic amines) is 2. The molecule has 0 radical (unpaired) electrons. The molecule has 0 spiro atoms. The van der Waals surface area contributed by atoms with E-state index in [0.29, 0.717) is 25.9 Å². The first-order chi connectivity index (χ1) is 14.6. The lowest BCUT2D eigenvalue weighted by Gasteiger charge is -2.34. The summed E-state index contributed by atoms with van der Waals surface area (Å²) in [5, 5.41) is 0. The molecule has 156 valence electrons. The van der Waals surface area contributed by atoms with Gasteiger partial charge in [0.1, 0.15) is 5.82 Å². The summed E-state index contributed by atoms with van der Waals surface area (Å²) in [5.74, 6) is -0.134. The third kappa shape index (κ3) is 4.61. The van der Waals surface area contributed by atoms with Crippen LogP contribution in [0.25, 0.3) is 6.08 Å². The molecule has 0 aliphatic carbocycles. The Morgan fingerprint density at radius 2 is 1.60 bits per heavy atom. The Morgan fingerprint density at radius 1 is 0.900 bits per heavy atom. The van der Waals surface area contributed by atoms with Gasteiger partial charge in [0, 0.05) is 31.6 Å². The van der Waals surface area contributed by atoms with Crippen molar-refractivity contribution in [3.8, 4) is 0 Å². The van der Waals surface area contributed by atoms with Crippen molar-refractivity contribution in [2.75, 3.05) is 19.6 Å². The van der Waals surface area contributed by atoms with Gasteiger partial charge in [0.05, 0.1) is 6.04 Å². The van der Waals surface area contributed by atoms with Crippen LogP contribution in [0, 0.1) is 11.7 Å². The van der Waals surface area contributed by atoms with Crippen molar-refractivity contribution >= 4 is 17.9 Å². The smallest absolute Gasteiger partial charge is 0.246 e. The second kappa shape index (κ2) is 9.24. The minimum absolute atomic E-state index is 0.00452. The first-order valence-electron chi connectivity index (χ1n) is 10.7. The van der Waals surface area contributed by atoms with Crippen LogP contribution in [-0.4, -0.2) is 41.2 Å². The number of hydrogen-bond acceptors (Lipinski definition) is 2. The fraction of sp³-hybridized carbons (Fsp3) is 0.360. The van der Waals surface area contributed by atoms with Gasteiger partial charge < -0.3 is 9.80 Å². The van der Waals surface area contributed by atoms with Crippen molar-refractivity contribution in [2.45, 2.75) is 31.7 Å². The van der Waals surface area contributed by atoms with Crippen molar-refractivity contribution in [1.29, 1.82) is 0 Å². The monoisotopic (exact) mass is 406 g/mol. The van der Waals surface area contributed by atoms with E-state index in [4.69, 9.17) is 0 Å². The molecule has 0 aromatic heterocycles. The number of rotatable bonds is 4. The molecule has 0 bridgehead atoms. The number of halogens is 1. The van der Waals surface area contributed by atoms with E-state index in [9.17, 15) is 14.0 Å². The minimum Gasteiger partial charge on any atom is -0.339 e. The van der Waals surface area contributed by atoms with Crippen LogP contribution in [0.2, 0.25) is 0 Å². The molecule has 0 saturated carbocycles. The highest BCUT2D eigenvalue weighted by Crippen LogP contribution is 2.34. The topological polar surface area (TPSA) is 40.6 Å². The zero-order valence-electron chi connectivity index (χ0n) is 17.0. The van der Waals surface area contributed by atoms with Gasteiger partial charge in [-0.1, -0.05) is 42.5 Å². The third-order valence-electron chi connectivity index (χ3n) is 6.16. The normalized spacial score (nSPS) is 20.1. The minimum atomic E-state index is -0.257. The molecular formula is C25H27FN2O2. The Hall–Kier alpha value is -2.95. The number of carbonyl (C=O) groups excluding carboxylic acids is 2. The van der Waals surface area contributed by atoms with Crippen LogP contribution >= 0.6 is 0 Å². The van der Waals surface area contributed by atoms with Gasteiger partial charge in [0.2, 0.25) is 11.8 Å². The maximum absolute atomic E-state index is 13.3. The van der Waals surface area contributed by atoms with Crippen molar-refractivity contribution in [1.82, 2.24) is 9.80 Å². The molecule has 2 fully saturated rings. The summed E-state index contributed by atoms with van der Waals surface area (Å²) in [6.45, 7) is 1.95. The molecular weight excluding hydrogens is 379 g/mol. The van der Waals surface area contributed by atoms with E-state index in [1.54, 1.807) is 18.2 Å². The average Bonchev–Trinajstić information content (AvgIpc) is 3.28. The zero-order valence-corrected chi connectivity index (χ0v) is 17.0. The molecule has 0 N–H and O–H groups in total. The molecule has 1 atom stereocenters. The summed E-state index contributed by atoms with van der Waals surface area (Å²) < 4.78 is 13.3. The van der Waals surface area contributed by atoms with Crippen LogP contribution in [0.3, 0.4) is 0 Å². The van der Waals surface area contributed by atoms with E-state index in [-0.39, 0.29) is 29.6 Å². The molecule has 2 saturated heterocycles. The van der Waals surface area contributed by atoms with Crippen molar-refractivity contribution < 1.29 is 14.0 Å². The van der Waals surface area contributed by atoms with E-state index >= 15 is 0 Å². The van der Waals surface area contributed by atoms with Crippen molar-refractivity contribution in [2.24, 2.45) is 5.92 Å². The number of nitrogens with zero attached hydrogens (tertiary/aromatic N) is 2. The van der Waals surface area contributed by atoms with Gasteiger partial charge in [0.25, 0.3) is 0 Å². The highest BCUT2D eigenvalue weighted by Gasteiger charge is 2.35. The SMILES string of the molecule is O=C(/C=C/c1ccccc1)N1CCC(C(=O)N2CCCC2c2ccc(F)cc2)CC1. The van der Waals surface area contributed by atoms with Crippen LogP contribution in [-0.2, 0) is 9.59 Å². The molecule has 2 heterocycles. The lowest BCUT2D eigenvalue weighted by molar-refractivity contribution is -0.140. The summed E-state index contributed by atoms with van der Waals surface area (Å²) >= 11 is 0. The molecule has 4 nitrogen and oxygen atoms in total. The van der Waals surface area contributed by atoms with Gasteiger partial charge >= 0.3 is 0 Å². The maximum atomic E-state index is 13.3. The summed E-state index contributed by atoms with van der Waals surface area (Å²) in [6.07, 6.45) is 6.71. The largest absolute Gasteiger partial charge is 0.339 e. The summed E-state index contributed by atoms with van der Waals surface area (Å²) in [4.78, 5) is 29.4. The Labute approximate surface area is 177 Å². The van der Waals surface area contributed by atoms with Gasteiger partial charge in [-0.3, -0.25) is 9.59 Å². The molecule has 2 amide bonds. The van der Waals surface area contributed by atoms with Crippen LogP contribution in [0.5, 0.6) is 0 Å². The molecule has 2 aliphatic heterocycles. The van der Waals surface area contributed by atoms with Crippen LogP contribution in [0.1, 0.15) is 42.9 Å². The standard InChI is InChI=1S/C25H27FN2O2/c26-22-11-9-20(10-12-22)23-7-4-16-28(23)25(30)21-14-17-27(18-15-21)24(29)13-8-19-5-2-1-3-6-19/h1-3,5-6,8-13,21,23H,4,7,14-18H2/b13-8+. The Kier molecular flexibility index (Phi) is 6.26. The fourth-order valence-corrected chi connectivity index (χ4v) is 4.48. The maximum Gasteiger partial charge on any atom is 0.246 e. The molecule has 2 aromatic carbocycles. The van der Waals surface area contributed by atoms with E-state index in [0.717, 1.165) is 30.5 Å². The molecule has 5 heteroatoms. The third-order valence-corrected chi connectivity index (χ3v) is 6.16. The van der Waals surface area contributed by atoms with E-state index in [2.05, 4.69) is 0 Å².